The number of rotatable bonds is 6. The highest BCUT2D eigenvalue weighted by atomic mass is 35.5. The number of hydrogen-bond donors (Lipinski definition) is 1. The van der Waals surface area contributed by atoms with Crippen molar-refractivity contribution in [2.75, 3.05) is 5.75 Å². The summed E-state index contributed by atoms with van der Waals surface area (Å²) in [6.07, 6.45) is 0. The smallest absolute Gasteiger partial charge is 0.270 e. The number of non-ortho nitro benzene ring substituents is 1. The number of aryl methyl sites for hydroxylation is 1. The Bertz CT molecular complexity index is 990. The molecule has 0 aliphatic carbocycles. The van der Waals surface area contributed by atoms with Gasteiger partial charge in [-0.15, -0.1) is 5.10 Å². The summed E-state index contributed by atoms with van der Waals surface area (Å²) in [7, 11) is 0. The lowest BCUT2D eigenvalue weighted by Gasteiger charge is -2.02. The van der Waals surface area contributed by atoms with Gasteiger partial charge < -0.3 is 0 Å². The van der Waals surface area contributed by atoms with Gasteiger partial charge in [0.15, 0.2) is 11.6 Å². The van der Waals surface area contributed by atoms with E-state index in [-0.39, 0.29) is 27.8 Å². The number of nitrogens with one attached hydrogen (secondary N) is 1. The maximum Gasteiger partial charge on any atom is 0.270 e. The molecule has 0 fully saturated rings. The fourth-order valence-corrected chi connectivity index (χ4v) is 3.19. The zero-order valence-electron chi connectivity index (χ0n) is 13.6. The number of ketones is 1. The highest BCUT2D eigenvalue weighted by molar-refractivity contribution is 7.99. The van der Waals surface area contributed by atoms with Crippen LogP contribution < -0.4 is 0 Å². The van der Waals surface area contributed by atoms with Gasteiger partial charge in [-0.3, -0.25) is 20.0 Å². The molecule has 7 nitrogen and oxygen atoms in total. The van der Waals surface area contributed by atoms with E-state index in [4.69, 9.17) is 11.6 Å². The van der Waals surface area contributed by atoms with Crippen LogP contribution in [0.15, 0.2) is 47.6 Å². The Morgan fingerprint density at radius 1 is 1.31 bits per heavy atom. The van der Waals surface area contributed by atoms with Crippen LogP contribution in [0.3, 0.4) is 0 Å². The first kappa shape index (κ1) is 18.1. The summed E-state index contributed by atoms with van der Waals surface area (Å²) < 4.78 is 0. The predicted octanol–water partition coefficient (Wildman–Crippen LogP) is 4.32. The molecule has 132 valence electrons. The SMILES string of the molecule is Cc1cccc(-c2nc(SCC(=O)c3cc([N+](=O)[O-])ccc3Cl)n[nH]2)c1. The molecule has 0 radical (unpaired) electrons. The Kier molecular flexibility index (Phi) is 5.34. The van der Waals surface area contributed by atoms with Crippen LogP contribution in [0.2, 0.25) is 5.02 Å². The molecule has 9 heteroatoms. The summed E-state index contributed by atoms with van der Waals surface area (Å²) in [4.78, 5) is 27.0. The van der Waals surface area contributed by atoms with Gasteiger partial charge in [-0.1, -0.05) is 47.1 Å². The minimum Gasteiger partial charge on any atom is -0.293 e. The van der Waals surface area contributed by atoms with Crippen LogP contribution in [0, 0.1) is 17.0 Å². The average molecular weight is 389 g/mol. The highest BCUT2D eigenvalue weighted by Gasteiger charge is 2.17. The molecule has 26 heavy (non-hydrogen) atoms. The lowest BCUT2D eigenvalue weighted by atomic mass is 10.1. The molecule has 0 saturated carbocycles. The number of aromatic amines is 1. The number of nitrogens with zero attached hydrogens (tertiary/aromatic N) is 3. The van der Waals surface area contributed by atoms with Crippen LogP contribution in [0.4, 0.5) is 5.69 Å². The van der Waals surface area contributed by atoms with Gasteiger partial charge in [0.1, 0.15) is 0 Å². The second-order valence-electron chi connectivity index (χ2n) is 5.47. The molecule has 0 spiro atoms. The number of carbonyl (C=O) groups excluding carboxylic acids is 1. The van der Waals surface area contributed by atoms with E-state index < -0.39 is 4.92 Å². The lowest BCUT2D eigenvalue weighted by molar-refractivity contribution is -0.384. The molecular weight excluding hydrogens is 376 g/mol. The molecule has 0 unspecified atom stereocenters. The number of H-pyrrole nitrogens is 1. The van der Waals surface area contributed by atoms with E-state index in [0.717, 1.165) is 22.9 Å². The van der Waals surface area contributed by atoms with Crippen molar-refractivity contribution >= 4 is 34.8 Å². The van der Waals surface area contributed by atoms with Crippen LogP contribution >= 0.6 is 23.4 Å². The van der Waals surface area contributed by atoms with E-state index >= 15 is 0 Å². The quantitative estimate of drug-likeness (QED) is 0.292. The third-order valence-corrected chi connectivity index (χ3v) is 4.73. The Morgan fingerprint density at radius 2 is 2.12 bits per heavy atom. The van der Waals surface area contributed by atoms with Crippen molar-refractivity contribution in [3.63, 3.8) is 0 Å². The normalized spacial score (nSPS) is 10.7. The maximum absolute atomic E-state index is 12.3. The molecule has 0 bridgehead atoms. The molecular formula is C17H13ClN4O3S. The lowest BCUT2D eigenvalue weighted by Crippen LogP contribution is -2.04. The third kappa shape index (κ3) is 4.09. The van der Waals surface area contributed by atoms with Crippen LogP contribution in [0.1, 0.15) is 15.9 Å². The number of halogens is 1. The van der Waals surface area contributed by atoms with Crippen molar-refractivity contribution in [1.29, 1.82) is 0 Å². The van der Waals surface area contributed by atoms with Crippen molar-refractivity contribution in [3.8, 4) is 11.4 Å². The molecule has 1 N–H and O–H groups in total. The molecule has 2 aromatic carbocycles. The van der Waals surface area contributed by atoms with Crippen molar-refractivity contribution in [2.24, 2.45) is 0 Å². The standard InChI is InChI=1S/C17H13ClN4O3S/c1-10-3-2-4-11(7-10)16-19-17(21-20-16)26-9-15(23)13-8-12(22(24)25)5-6-14(13)18/h2-8H,9H2,1H3,(H,19,20,21). The predicted molar refractivity (Wildman–Crippen MR) is 99.7 cm³/mol. The summed E-state index contributed by atoms with van der Waals surface area (Å²) in [5.74, 6) is 0.300. The van der Waals surface area contributed by atoms with E-state index in [9.17, 15) is 14.9 Å². The number of thioether (sulfide) groups is 1. The van der Waals surface area contributed by atoms with E-state index in [1.165, 1.54) is 18.2 Å². The molecule has 0 aliphatic heterocycles. The topological polar surface area (TPSA) is 102 Å². The number of Topliss-reactive ketones (excluding diaryl/α,β-unsaturated/α-hetero) is 1. The number of hydrogen-bond acceptors (Lipinski definition) is 6. The Hall–Kier alpha value is -2.71. The van der Waals surface area contributed by atoms with Crippen LogP contribution in [-0.2, 0) is 0 Å². The minimum atomic E-state index is -0.566. The van der Waals surface area contributed by atoms with Gasteiger partial charge >= 0.3 is 0 Å². The van der Waals surface area contributed by atoms with Gasteiger partial charge in [-0.2, -0.15) is 0 Å². The van der Waals surface area contributed by atoms with Crippen molar-refractivity contribution in [2.45, 2.75) is 12.1 Å². The Labute approximate surface area is 157 Å². The number of benzene rings is 2. The van der Waals surface area contributed by atoms with Crippen molar-refractivity contribution in [1.82, 2.24) is 15.2 Å². The fourth-order valence-electron chi connectivity index (χ4n) is 2.28. The Balaban J connectivity index is 1.71. The second kappa shape index (κ2) is 7.67. The summed E-state index contributed by atoms with van der Waals surface area (Å²) >= 11 is 7.12. The first-order valence-electron chi connectivity index (χ1n) is 7.53. The first-order chi connectivity index (χ1) is 12.4. The Morgan fingerprint density at radius 3 is 2.85 bits per heavy atom. The zero-order chi connectivity index (χ0) is 18.7. The minimum absolute atomic E-state index is 0.0198. The number of aromatic nitrogens is 3. The third-order valence-electron chi connectivity index (χ3n) is 3.55. The van der Waals surface area contributed by atoms with E-state index in [2.05, 4.69) is 15.2 Å². The van der Waals surface area contributed by atoms with Gasteiger partial charge in [0.2, 0.25) is 5.16 Å². The van der Waals surface area contributed by atoms with Gasteiger partial charge in [-0.25, -0.2) is 4.98 Å². The summed E-state index contributed by atoms with van der Waals surface area (Å²) in [6, 6.07) is 11.6. The molecule has 1 aromatic heterocycles. The van der Waals surface area contributed by atoms with E-state index in [0.29, 0.717) is 11.0 Å². The summed E-state index contributed by atoms with van der Waals surface area (Å²) in [5, 5.41) is 18.4. The molecule has 0 aliphatic rings. The van der Waals surface area contributed by atoms with Crippen molar-refractivity contribution < 1.29 is 9.72 Å². The van der Waals surface area contributed by atoms with Crippen LogP contribution in [0.5, 0.6) is 0 Å². The number of carbonyl (C=O) groups is 1. The van der Waals surface area contributed by atoms with E-state index in [1.54, 1.807) is 0 Å². The maximum atomic E-state index is 12.3. The zero-order valence-corrected chi connectivity index (χ0v) is 15.2. The largest absolute Gasteiger partial charge is 0.293 e. The monoisotopic (exact) mass is 388 g/mol. The van der Waals surface area contributed by atoms with Gasteiger partial charge in [0, 0.05) is 23.3 Å². The molecule has 0 amide bonds. The summed E-state index contributed by atoms with van der Waals surface area (Å²) in [6.45, 7) is 1.98. The van der Waals surface area contributed by atoms with Gasteiger partial charge in [0.05, 0.1) is 15.7 Å². The average Bonchev–Trinajstić information content (AvgIpc) is 3.09. The van der Waals surface area contributed by atoms with Crippen molar-refractivity contribution in [3.05, 3.63) is 68.7 Å². The van der Waals surface area contributed by atoms with Crippen LogP contribution in [-0.4, -0.2) is 31.6 Å². The van der Waals surface area contributed by atoms with Gasteiger partial charge in [-0.05, 0) is 19.1 Å². The first-order valence-corrected chi connectivity index (χ1v) is 8.90. The molecule has 3 rings (SSSR count). The molecule has 0 atom stereocenters. The fraction of sp³-hybridized carbons (Fsp3) is 0.118. The van der Waals surface area contributed by atoms with Gasteiger partial charge in [0.25, 0.3) is 5.69 Å². The van der Waals surface area contributed by atoms with Crippen LogP contribution in [0.25, 0.3) is 11.4 Å². The highest BCUT2D eigenvalue weighted by Crippen LogP contribution is 2.25. The molecule has 3 aromatic rings. The molecule has 1 heterocycles. The van der Waals surface area contributed by atoms with E-state index in [1.807, 2.05) is 31.2 Å². The second-order valence-corrected chi connectivity index (χ2v) is 6.82. The molecule has 0 saturated heterocycles. The summed E-state index contributed by atoms with van der Waals surface area (Å²) in [5.41, 5.74) is 1.94. The number of nitro benzene ring substituents is 1. The number of nitro groups is 1.